The lowest BCUT2D eigenvalue weighted by atomic mass is 10.00. The van der Waals surface area contributed by atoms with Gasteiger partial charge in [-0.15, -0.1) is 0 Å². The second-order valence-corrected chi connectivity index (χ2v) is 5.31. The fourth-order valence-electron chi connectivity index (χ4n) is 1.89. The maximum Gasteiger partial charge on any atom is 0.0914 e. The van der Waals surface area contributed by atoms with Crippen molar-refractivity contribution in [1.82, 2.24) is 5.32 Å². The lowest BCUT2D eigenvalue weighted by molar-refractivity contribution is 0.116. The molecule has 0 saturated carbocycles. The number of ether oxygens (including phenoxy) is 1. The Morgan fingerprint density at radius 1 is 1.11 bits per heavy atom. The molecule has 0 fully saturated rings. The van der Waals surface area contributed by atoms with Crippen molar-refractivity contribution in [3.8, 4) is 0 Å². The molecular formula is C16H27NO2. The summed E-state index contributed by atoms with van der Waals surface area (Å²) in [5, 5.41) is 13.4. The van der Waals surface area contributed by atoms with Gasteiger partial charge in [-0.05, 0) is 30.9 Å². The first-order valence-electron chi connectivity index (χ1n) is 7.13. The van der Waals surface area contributed by atoms with E-state index in [0.717, 1.165) is 12.2 Å². The molecule has 0 aromatic heterocycles. The molecule has 0 saturated heterocycles. The van der Waals surface area contributed by atoms with Gasteiger partial charge in [-0.1, -0.05) is 38.1 Å². The van der Waals surface area contributed by atoms with Crippen molar-refractivity contribution < 1.29 is 9.84 Å². The minimum atomic E-state index is -0.467. The van der Waals surface area contributed by atoms with Gasteiger partial charge < -0.3 is 15.2 Å². The molecule has 1 aromatic rings. The van der Waals surface area contributed by atoms with E-state index < -0.39 is 6.10 Å². The van der Waals surface area contributed by atoms with E-state index in [1.807, 2.05) is 19.1 Å². The van der Waals surface area contributed by atoms with Crippen LogP contribution in [0.5, 0.6) is 0 Å². The van der Waals surface area contributed by atoms with Gasteiger partial charge in [0.05, 0.1) is 12.7 Å². The van der Waals surface area contributed by atoms with Gasteiger partial charge in [0, 0.05) is 19.2 Å². The Morgan fingerprint density at radius 3 is 2.21 bits per heavy atom. The average Bonchev–Trinajstić information content (AvgIpc) is 2.42. The topological polar surface area (TPSA) is 41.5 Å². The largest absolute Gasteiger partial charge is 0.387 e. The molecule has 108 valence electrons. The smallest absolute Gasteiger partial charge is 0.0914 e. The van der Waals surface area contributed by atoms with Crippen LogP contribution in [-0.2, 0) is 4.74 Å². The first-order chi connectivity index (χ1) is 9.04. The number of aliphatic hydroxyl groups is 1. The molecule has 19 heavy (non-hydrogen) atoms. The minimum absolute atomic E-state index is 0.254. The Morgan fingerprint density at radius 2 is 1.68 bits per heavy atom. The number of benzene rings is 1. The zero-order chi connectivity index (χ0) is 14.3. The summed E-state index contributed by atoms with van der Waals surface area (Å²) in [6, 6.07) is 8.45. The summed E-state index contributed by atoms with van der Waals surface area (Å²) in [7, 11) is 0. The lowest BCUT2D eigenvalue weighted by Gasteiger charge is -2.17. The van der Waals surface area contributed by atoms with Crippen LogP contribution in [-0.4, -0.2) is 30.9 Å². The fraction of sp³-hybridized carbons (Fsp3) is 0.625. The highest BCUT2D eigenvalue weighted by molar-refractivity contribution is 5.26. The Balaban J connectivity index is 2.42. The van der Waals surface area contributed by atoms with Crippen molar-refractivity contribution in [1.29, 1.82) is 0 Å². The molecule has 0 aliphatic rings. The van der Waals surface area contributed by atoms with Gasteiger partial charge in [0.2, 0.25) is 0 Å². The van der Waals surface area contributed by atoms with Crippen LogP contribution in [0.2, 0.25) is 0 Å². The van der Waals surface area contributed by atoms with Crippen molar-refractivity contribution in [3.05, 3.63) is 35.4 Å². The quantitative estimate of drug-likeness (QED) is 0.759. The zero-order valence-corrected chi connectivity index (χ0v) is 12.5. The predicted molar refractivity (Wildman–Crippen MR) is 79.4 cm³/mol. The van der Waals surface area contributed by atoms with Gasteiger partial charge in [-0.25, -0.2) is 0 Å². The number of hydrogen-bond donors (Lipinski definition) is 2. The van der Waals surface area contributed by atoms with Crippen LogP contribution >= 0.6 is 0 Å². The molecule has 0 heterocycles. The fourth-order valence-corrected chi connectivity index (χ4v) is 1.89. The van der Waals surface area contributed by atoms with Crippen LogP contribution in [0.1, 0.15) is 50.8 Å². The molecular weight excluding hydrogens is 238 g/mol. The number of aliphatic hydroxyl groups excluding tert-OH is 1. The van der Waals surface area contributed by atoms with Crippen LogP contribution in [0.15, 0.2) is 24.3 Å². The van der Waals surface area contributed by atoms with Gasteiger partial charge in [-0.3, -0.25) is 0 Å². The van der Waals surface area contributed by atoms with Crippen LogP contribution in [0.25, 0.3) is 0 Å². The molecule has 3 heteroatoms. The summed E-state index contributed by atoms with van der Waals surface area (Å²) >= 11 is 0. The van der Waals surface area contributed by atoms with Crippen molar-refractivity contribution in [3.63, 3.8) is 0 Å². The van der Waals surface area contributed by atoms with Gasteiger partial charge in [-0.2, -0.15) is 0 Å². The number of rotatable bonds is 8. The van der Waals surface area contributed by atoms with Crippen molar-refractivity contribution >= 4 is 0 Å². The molecule has 0 radical (unpaired) electrons. The molecule has 2 atom stereocenters. The van der Waals surface area contributed by atoms with E-state index in [4.69, 9.17) is 4.74 Å². The third-order valence-corrected chi connectivity index (χ3v) is 3.22. The molecule has 2 N–H and O–H groups in total. The SMILES string of the molecule is CCOCC(C)NCC(O)c1ccc(C(C)C)cc1. The molecule has 0 spiro atoms. The predicted octanol–water partition coefficient (Wildman–Crippen LogP) is 2.86. The van der Waals surface area contributed by atoms with Crippen molar-refractivity contribution in [2.45, 2.75) is 45.8 Å². The summed E-state index contributed by atoms with van der Waals surface area (Å²) in [4.78, 5) is 0. The molecule has 3 nitrogen and oxygen atoms in total. The standard InChI is InChI=1S/C16H27NO2/c1-5-19-11-13(4)17-10-16(18)15-8-6-14(7-9-15)12(2)3/h6-9,12-13,16-18H,5,10-11H2,1-4H3. The van der Waals surface area contributed by atoms with Gasteiger partial charge in [0.15, 0.2) is 0 Å². The Hall–Kier alpha value is -0.900. The molecule has 1 aromatic carbocycles. The highest BCUT2D eigenvalue weighted by Gasteiger charge is 2.10. The molecule has 0 aliphatic carbocycles. The highest BCUT2D eigenvalue weighted by Crippen LogP contribution is 2.18. The summed E-state index contributed by atoms with van der Waals surface area (Å²) in [6.45, 7) is 10.3. The summed E-state index contributed by atoms with van der Waals surface area (Å²) in [5.41, 5.74) is 2.26. The molecule has 1 rings (SSSR count). The maximum atomic E-state index is 10.1. The second-order valence-electron chi connectivity index (χ2n) is 5.31. The third-order valence-electron chi connectivity index (χ3n) is 3.22. The van der Waals surface area contributed by atoms with E-state index in [9.17, 15) is 5.11 Å². The van der Waals surface area contributed by atoms with E-state index in [0.29, 0.717) is 19.1 Å². The second kappa shape index (κ2) is 8.31. The third kappa shape index (κ3) is 5.72. The maximum absolute atomic E-state index is 10.1. The van der Waals surface area contributed by atoms with E-state index in [1.165, 1.54) is 5.56 Å². The monoisotopic (exact) mass is 265 g/mol. The molecule has 2 unspecified atom stereocenters. The van der Waals surface area contributed by atoms with Gasteiger partial charge in [0.25, 0.3) is 0 Å². The Kier molecular flexibility index (Phi) is 7.06. The van der Waals surface area contributed by atoms with Crippen molar-refractivity contribution in [2.75, 3.05) is 19.8 Å². The van der Waals surface area contributed by atoms with Crippen molar-refractivity contribution in [2.24, 2.45) is 0 Å². The lowest BCUT2D eigenvalue weighted by Crippen LogP contribution is -2.33. The first kappa shape index (κ1) is 16.2. The average molecular weight is 265 g/mol. The first-order valence-corrected chi connectivity index (χ1v) is 7.13. The summed E-state index contributed by atoms with van der Waals surface area (Å²) in [6.07, 6.45) is -0.467. The minimum Gasteiger partial charge on any atom is -0.387 e. The van der Waals surface area contributed by atoms with Crippen LogP contribution in [0.3, 0.4) is 0 Å². The Bertz CT molecular complexity index is 348. The number of nitrogens with one attached hydrogen (secondary N) is 1. The van der Waals surface area contributed by atoms with E-state index >= 15 is 0 Å². The zero-order valence-electron chi connectivity index (χ0n) is 12.5. The van der Waals surface area contributed by atoms with Crippen LogP contribution in [0, 0.1) is 0 Å². The van der Waals surface area contributed by atoms with E-state index in [-0.39, 0.29) is 6.04 Å². The molecule has 0 aliphatic heterocycles. The highest BCUT2D eigenvalue weighted by atomic mass is 16.5. The Labute approximate surface area is 117 Å². The van der Waals surface area contributed by atoms with Gasteiger partial charge in [0.1, 0.15) is 0 Å². The van der Waals surface area contributed by atoms with Gasteiger partial charge >= 0.3 is 0 Å². The summed E-state index contributed by atoms with van der Waals surface area (Å²) in [5.74, 6) is 0.524. The van der Waals surface area contributed by atoms with Crippen LogP contribution in [0.4, 0.5) is 0 Å². The summed E-state index contributed by atoms with van der Waals surface area (Å²) < 4.78 is 5.33. The van der Waals surface area contributed by atoms with E-state index in [2.05, 4.69) is 38.2 Å². The number of hydrogen-bond acceptors (Lipinski definition) is 3. The van der Waals surface area contributed by atoms with E-state index in [1.54, 1.807) is 0 Å². The van der Waals surface area contributed by atoms with Crippen LogP contribution < -0.4 is 5.32 Å². The normalized spacial score (nSPS) is 14.6. The molecule has 0 amide bonds. The molecule has 0 bridgehead atoms.